The Morgan fingerprint density at radius 3 is 2.51 bits per heavy atom. The predicted octanol–water partition coefficient (Wildman–Crippen LogP) is 5.57. The Labute approximate surface area is 217 Å². The smallest absolute Gasteiger partial charge is 0.270 e. The minimum atomic E-state index is -0.555. The normalized spacial score (nSPS) is 14.8. The Bertz CT molecular complexity index is 1320. The maximum absolute atomic E-state index is 13.2. The number of nitrogens with one attached hydrogen (secondary N) is 1. The standard InChI is InChI=1S/C27H23BrN2O4S/c1-3-33-23-15-19(14-22(28)24(23)34-16-18-9-7-8-17(2)12-18)13-21-25(31)29-27(35)30(26(21)32)20-10-5-4-6-11-20/h4-15H,3,16H2,1-2H3,(H,29,31,35)/b21-13-. The van der Waals surface area contributed by atoms with Crippen LogP contribution in [0.4, 0.5) is 5.69 Å². The van der Waals surface area contributed by atoms with Crippen molar-refractivity contribution in [3.05, 3.63) is 93.5 Å². The van der Waals surface area contributed by atoms with Gasteiger partial charge in [0.05, 0.1) is 16.8 Å². The Kier molecular flexibility index (Phi) is 7.63. The first-order valence-corrected chi connectivity index (χ1v) is 12.2. The molecule has 4 rings (SSSR count). The summed E-state index contributed by atoms with van der Waals surface area (Å²) >= 11 is 8.81. The van der Waals surface area contributed by atoms with Crippen LogP contribution in [0.25, 0.3) is 6.08 Å². The molecule has 0 bridgehead atoms. The molecular formula is C27H23BrN2O4S. The number of ether oxygens (including phenoxy) is 2. The molecule has 6 nitrogen and oxygen atoms in total. The van der Waals surface area contributed by atoms with Gasteiger partial charge in [0.1, 0.15) is 12.2 Å². The molecule has 1 N–H and O–H groups in total. The number of anilines is 1. The third-order valence-corrected chi connectivity index (χ3v) is 6.10. The molecule has 0 unspecified atom stereocenters. The second kappa shape index (κ2) is 10.8. The fourth-order valence-electron chi connectivity index (χ4n) is 3.67. The van der Waals surface area contributed by atoms with Crippen molar-refractivity contribution in [2.24, 2.45) is 0 Å². The number of hydrogen-bond donors (Lipinski definition) is 1. The minimum absolute atomic E-state index is 0.0368. The monoisotopic (exact) mass is 550 g/mol. The number of aryl methyl sites for hydroxylation is 1. The first kappa shape index (κ1) is 24.6. The van der Waals surface area contributed by atoms with Gasteiger partial charge in [-0.2, -0.15) is 0 Å². The van der Waals surface area contributed by atoms with Gasteiger partial charge in [0.2, 0.25) is 0 Å². The zero-order valence-electron chi connectivity index (χ0n) is 19.2. The predicted molar refractivity (Wildman–Crippen MR) is 143 cm³/mol. The van der Waals surface area contributed by atoms with Crippen LogP contribution in [-0.4, -0.2) is 23.5 Å². The largest absolute Gasteiger partial charge is 0.490 e. The number of carbonyl (C=O) groups excluding carboxylic acids is 2. The Morgan fingerprint density at radius 1 is 1.03 bits per heavy atom. The number of halogens is 1. The molecule has 35 heavy (non-hydrogen) atoms. The zero-order valence-corrected chi connectivity index (χ0v) is 21.6. The quantitative estimate of drug-likeness (QED) is 0.237. The van der Waals surface area contributed by atoms with Crippen LogP contribution in [0.1, 0.15) is 23.6 Å². The lowest BCUT2D eigenvalue weighted by molar-refractivity contribution is -0.122. The molecule has 0 atom stereocenters. The molecular weight excluding hydrogens is 528 g/mol. The minimum Gasteiger partial charge on any atom is -0.490 e. The van der Waals surface area contributed by atoms with Gasteiger partial charge in [-0.1, -0.05) is 48.0 Å². The van der Waals surface area contributed by atoms with Gasteiger partial charge in [-0.15, -0.1) is 0 Å². The van der Waals surface area contributed by atoms with Gasteiger partial charge >= 0.3 is 0 Å². The summed E-state index contributed by atoms with van der Waals surface area (Å²) < 4.78 is 12.5. The first-order valence-electron chi connectivity index (χ1n) is 11.0. The number of amides is 2. The van der Waals surface area contributed by atoms with Crippen molar-refractivity contribution in [1.29, 1.82) is 0 Å². The summed E-state index contributed by atoms with van der Waals surface area (Å²) in [4.78, 5) is 27.2. The van der Waals surface area contributed by atoms with E-state index in [9.17, 15) is 9.59 Å². The maximum atomic E-state index is 13.2. The van der Waals surface area contributed by atoms with E-state index in [4.69, 9.17) is 21.7 Å². The number of hydrogen-bond acceptors (Lipinski definition) is 5. The number of benzene rings is 3. The third kappa shape index (κ3) is 5.61. The van der Waals surface area contributed by atoms with E-state index in [0.29, 0.717) is 40.4 Å². The average molecular weight is 551 g/mol. The molecule has 0 spiro atoms. The van der Waals surface area contributed by atoms with Gasteiger partial charge in [-0.25, -0.2) is 0 Å². The highest BCUT2D eigenvalue weighted by Gasteiger charge is 2.34. The number of rotatable bonds is 7. The highest BCUT2D eigenvalue weighted by atomic mass is 79.9. The van der Waals surface area contributed by atoms with Gasteiger partial charge in [0.15, 0.2) is 16.6 Å². The second-order valence-corrected chi connectivity index (χ2v) is 9.08. The molecule has 0 aromatic heterocycles. The molecule has 8 heteroatoms. The number of thiocarbonyl (C=S) groups is 1. The topological polar surface area (TPSA) is 67.9 Å². The fraction of sp³-hybridized carbons (Fsp3) is 0.148. The van der Waals surface area contributed by atoms with Crippen molar-refractivity contribution >= 4 is 56.8 Å². The third-order valence-electron chi connectivity index (χ3n) is 5.22. The molecule has 1 aliphatic rings. The zero-order chi connectivity index (χ0) is 24.9. The molecule has 0 radical (unpaired) electrons. The van der Waals surface area contributed by atoms with E-state index in [1.807, 2.05) is 38.1 Å². The van der Waals surface area contributed by atoms with Crippen LogP contribution in [0.3, 0.4) is 0 Å². The van der Waals surface area contributed by atoms with E-state index in [1.165, 1.54) is 11.0 Å². The molecule has 1 heterocycles. The summed E-state index contributed by atoms with van der Waals surface area (Å²) in [6.07, 6.45) is 1.52. The lowest BCUT2D eigenvalue weighted by Crippen LogP contribution is -2.54. The van der Waals surface area contributed by atoms with Gasteiger partial charge in [-0.3, -0.25) is 19.8 Å². The number of para-hydroxylation sites is 1. The maximum Gasteiger partial charge on any atom is 0.270 e. The van der Waals surface area contributed by atoms with Crippen molar-refractivity contribution in [2.75, 3.05) is 11.5 Å². The van der Waals surface area contributed by atoms with Crippen molar-refractivity contribution in [3.8, 4) is 11.5 Å². The Morgan fingerprint density at radius 2 is 1.80 bits per heavy atom. The number of carbonyl (C=O) groups is 2. The van der Waals surface area contributed by atoms with Crippen LogP contribution in [-0.2, 0) is 16.2 Å². The second-order valence-electron chi connectivity index (χ2n) is 7.83. The highest BCUT2D eigenvalue weighted by molar-refractivity contribution is 9.10. The summed E-state index contributed by atoms with van der Waals surface area (Å²) in [5.41, 5.74) is 3.32. The van der Waals surface area contributed by atoms with Crippen LogP contribution in [0.5, 0.6) is 11.5 Å². The molecule has 3 aromatic carbocycles. The van der Waals surface area contributed by atoms with Gasteiger partial charge in [0.25, 0.3) is 11.8 Å². The molecule has 2 amide bonds. The van der Waals surface area contributed by atoms with E-state index in [2.05, 4.69) is 27.3 Å². The summed E-state index contributed by atoms with van der Waals surface area (Å²) in [6, 6.07) is 20.5. The number of nitrogens with zero attached hydrogens (tertiary/aromatic N) is 1. The van der Waals surface area contributed by atoms with Crippen molar-refractivity contribution < 1.29 is 19.1 Å². The molecule has 0 saturated carbocycles. The summed E-state index contributed by atoms with van der Waals surface area (Å²) in [5, 5.41) is 2.64. The SMILES string of the molecule is CCOc1cc(/C=C2/C(=O)NC(=S)N(c3ccccc3)C2=O)cc(Br)c1OCc1cccc(C)c1. The Balaban J connectivity index is 1.66. The summed E-state index contributed by atoms with van der Waals surface area (Å²) in [5.74, 6) is -0.0117. The molecule has 178 valence electrons. The molecule has 1 fully saturated rings. The van der Waals surface area contributed by atoms with Crippen molar-refractivity contribution in [3.63, 3.8) is 0 Å². The van der Waals surface area contributed by atoms with E-state index in [0.717, 1.165) is 11.1 Å². The molecule has 0 aliphatic carbocycles. The lowest BCUT2D eigenvalue weighted by Gasteiger charge is -2.28. The van der Waals surface area contributed by atoms with Crippen LogP contribution in [0.15, 0.2) is 76.8 Å². The van der Waals surface area contributed by atoms with Crippen LogP contribution in [0, 0.1) is 6.92 Å². The van der Waals surface area contributed by atoms with Crippen molar-refractivity contribution in [2.45, 2.75) is 20.5 Å². The van der Waals surface area contributed by atoms with Gasteiger partial charge in [-0.05, 0) is 83.5 Å². The highest BCUT2D eigenvalue weighted by Crippen LogP contribution is 2.38. The fourth-order valence-corrected chi connectivity index (χ4v) is 4.52. The lowest BCUT2D eigenvalue weighted by atomic mass is 10.1. The van der Waals surface area contributed by atoms with E-state index < -0.39 is 11.8 Å². The van der Waals surface area contributed by atoms with Crippen molar-refractivity contribution in [1.82, 2.24) is 5.32 Å². The van der Waals surface area contributed by atoms with E-state index in [1.54, 1.807) is 36.4 Å². The summed E-state index contributed by atoms with van der Waals surface area (Å²) in [7, 11) is 0. The average Bonchev–Trinajstić information content (AvgIpc) is 2.82. The van der Waals surface area contributed by atoms with E-state index >= 15 is 0 Å². The Hall–Kier alpha value is -3.49. The molecule has 3 aromatic rings. The molecule has 1 aliphatic heterocycles. The van der Waals surface area contributed by atoms with Gasteiger partial charge in [0, 0.05) is 0 Å². The first-order chi connectivity index (χ1) is 16.9. The molecule has 1 saturated heterocycles. The van der Waals surface area contributed by atoms with Gasteiger partial charge < -0.3 is 9.47 Å². The van der Waals surface area contributed by atoms with Crippen LogP contribution in [0.2, 0.25) is 0 Å². The van der Waals surface area contributed by atoms with E-state index in [-0.39, 0.29) is 10.7 Å². The van der Waals surface area contributed by atoms with Crippen LogP contribution >= 0.6 is 28.1 Å². The summed E-state index contributed by atoms with van der Waals surface area (Å²) in [6.45, 7) is 4.69. The van der Waals surface area contributed by atoms with Crippen LogP contribution < -0.4 is 19.7 Å².